The minimum absolute atomic E-state index is 0. The first-order valence-electron chi connectivity index (χ1n) is 16.6. The van der Waals surface area contributed by atoms with Gasteiger partial charge in [0.25, 0.3) is 0 Å². The Kier molecular flexibility index (Phi) is 11.8. The van der Waals surface area contributed by atoms with E-state index in [1.165, 1.54) is 0 Å². The van der Waals surface area contributed by atoms with Crippen LogP contribution < -0.4 is 10.2 Å². The maximum Gasteiger partial charge on any atom is 2.00 e. The number of hydrogen-bond acceptors (Lipinski definition) is 6. The zero-order valence-corrected chi connectivity index (χ0v) is 29.3. The van der Waals surface area contributed by atoms with E-state index in [1.54, 1.807) is 24.3 Å². The van der Waals surface area contributed by atoms with E-state index in [9.17, 15) is 10.2 Å². The fourth-order valence-corrected chi connectivity index (χ4v) is 5.42. The van der Waals surface area contributed by atoms with E-state index in [0.717, 1.165) is 33.9 Å². The van der Waals surface area contributed by atoms with Gasteiger partial charge in [-0.05, 0) is 47.2 Å². The zero-order chi connectivity index (χ0) is 35.5. The summed E-state index contributed by atoms with van der Waals surface area (Å²) in [5.41, 5.74) is 6.39. The molecule has 0 amide bonds. The van der Waals surface area contributed by atoms with E-state index < -0.39 is 0 Å². The van der Waals surface area contributed by atoms with Crippen LogP contribution in [0.3, 0.4) is 0 Å². The standard InChI is InChI=1S/2C22H17N3O.Ni/c2*26-21(18-12-6-2-7-13-18)24-22-23-20(17-10-4-1-5-11-17)16-25(22)19-14-8-3-9-15-19;/h2*1-16H,(H,23,24,26);/q;;+2/p-2. The molecule has 8 nitrogen and oxygen atoms in total. The smallest absolute Gasteiger partial charge is 0.858 e. The second-order valence-electron chi connectivity index (χ2n) is 11.6. The average Bonchev–Trinajstić information content (AvgIpc) is 3.85. The Bertz CT molecular complexity index is 2230. The van der Waals surface area contributed by atoms with Gasteiger partial charge in [-0.3, -0.25) is 9.13 Å². The largest absolute Gasteiger partial charge is 2.00 e. The van der Waals surface area contributed by atoms with Crippen molar-refractivity contribution < 1.29 is 26.7 Å². The summed E-state index contributed by atoms with van der Waals surface area (Å²) in [7, 11) is 0. The molecular formula is C44H32N6NiO2. The number of imidazole rings is 2. The number of para-hydroxylation sites is 2. The van der Waals surface area contributed by atoms with Gasteiger partial charge >= 0.3 is 16.5 Å². The topological polar surface area (TPSA) is 106 Å². The molecule has 0 radical (unpaired) electrons. The molecule has 0 aliphatic heterocycles. The van der Waals surface area contributed by atoms with Gasteiger partial charge in [-0.1, -0.05) is 158 Å². The van der Waals surface area contributed by atoms with Crippen LogP contribution in [-0.2, 0) is 16.5 Å². The van der Waals surface area contributed by atoms with Crippen molar-refractivity contribution in [2.75, 3.05) is 0 Å². The Morgan fingerprint density at radius 3 is 1.00 bits per heavy atom. The number of hydrogen-bond donors (Lipinski definition) is 0. The summed E-state index contributed by atoms with van der Waals surface area (Å²) in [6.07, 6.45) is 3.81. The third-order valence-electron chi connectivity index (χ3n) is 8.03. The molecule has 0 spiro atoms. The van der Waals surface area contributed by atoms with Gasteiger partial charge in [0.05, 0.1) is 11.4 Å². The molecule has 8 rings (SSSR count). The molecule has 8 aromatic rings. The van der Waals surface area contributed by atoms with Crippen LogP contribution >= 0.6 is 0 Å². The Labute approximate surface area is 317 Å². The van der Waals surface area contributed by atoms with Crippen molar-refractivity contribution in [3.8, 4) is 33.9 Å². The number of aromatic nitrogens is 4. The first kappa shape index (κ1) is 36.0. The van der Waals surface area contributed by atoms with Crippen LogP contribution in [-0.4, -0.2) is 30.9 Å². The molecule has 0 fully saturated rings. The fraction of sp³-hybridized carbons (Fsp3) is 0. The van der Waals surface area contributed by atoms with E-state index in [1.807, 2.05) is 179 Å². The Hall–Kier alpha value is -6.83. The van der Waals surface area contributed by atoms with Gasteiger partial charge in [-0.2, -0.15) is 0 Å². The number of benzene rings is 6. The van der Waals surface area contributed by atoms with Gasteiger partial charge in [0.2, 0.25) is 11.9 Å². The summed E-state index contributed by atoms with van der Waals surface area (Å²) in [4.78, 5) is 17.7. The molecular weight excluding hydrogens is 703 g/mol. The molecule has 0 aliphatic rings. The molecule has 0 atom stereocenters. The van der Waals surface area contributed by atoms with Gasteiger partial charge in [0.1, 0.15) is 0 Å². The molecule has 9 heteroatoms. The van der Waals surface area contributed by atoms with Crippen molar-refractivity contribution >= 4 is 23.7 Å². The zero-order valence-electron chi connectivity index (χ0n) is 28.3. The average molecular weight is 735 g/mol. The molecule has 0 saturated carbocycles. The van der Waals surface area contributed by atoms with Crippen LogP contribution in [0.1, 0.15) is 11.1 Å². The molecule has 0 unspecified atom stereocenters. The van der Waals surface area contributed by atoms with Gasteiger partial charge in [-0.25, -0.2) is 20.0 Å². The van der Waals surface area contributed by atoms with Gasteiger partial charge < -0.3 is 10.2 Å². The molecule has 0 aliphatic carbocycles. The van der Waals surface area contributed by atoms with Crippen LogP contribution in [0.2, 0.25) is 0 Å². The van der Waals surface area contributed by atoms with E-state index in [4.69, 9.17) is 0 Å². The minimum atomic E-state index is -0.312. The maximum absolute atomic E-state index is 12.5. The summed E-state index contributed by atoms with van der Waals surface area (Å²) in [5, 5.41) is 25.0. The molecule has 53 heavy (non-hydrogen) atoms. The van der Waals surface area contributed by atoms with Gasteiger partial charge in [0.15, 0.2) is 0 Å². The molecule has 0 saturated heterocycles. The van der Waals surface area contributed by atoms with Crippen molar-refractivity contribution in [3.05, 3.63) is 206 Å². The number of rotatable bonds is 8. The van der Waals surface area contributed by atoms with Crippen molar-refractivity contribution in [3.63, 3.8) is 0 Å². The van der Waals surface area contributed by atoms with Crippen LogP contribution in [0.4, 0.5) is 11.9 Å². The van der Waals surface area contributed by atoms with Crippen LogP contribution in [0.5, 0.6) is 0 Å². The second kappa shape index (κ2) is 17.4. The van der Waals surface area contributed by atoms with Gasteiger partial charge in [-0.15, -0.1) is 0 Å². The Morgan fingerprint density at radius 1 is 0.396 bits per heavy atom. The van der Waals surface area contributed by atoms with Crippen LogP contribution in [0, 0.1) is 0 Å². The van der Waals surface area contributed by atoms with Crippen LogP contribution in [0.25, 0.3) is 33.9 Å². The SMILES string of the molecule is [Ni+2].[O-]/C(=N\c1nc(-c2ccccc2)cn1-c1ccccc1)c1ccccc1.[O-]/C(=N\c1nc(-c2ccccc2)cn1-c1ccccc1)c1ccccc1. The van der Waals surface area contributed by atoms with Gasteiger partial charge in [0, 0.05) is 34.9 Å². The van der Waals surface area contributed by atoms with Crippen molar-refractivity contribution in [2.24, 2.45) is 9.98 Å². The predicted molar refractivity (Wildman–Crippen MR) is 203 cm³/mol. The van der Waals surface area contributed by atoms with E-state index in [2.05, 4.69) is 20.0 Å². The number of aliphatic imine (C=N–C) groups is 2. The Morgan fingerprint density at radius 2 is 0.679 bits per heavy atom. The predicted octanol–water partition coefficient (Wildman–Crippen LogP) is 7.95. The molecule has 2 aromatic heterocycles. The second-order valence-corrected chi connectivity index (χ2v) is 11.6. The molecule has 2 heterocycles. The first-order chi connectivity index (χ1) is 25.6. The summed E-state index contributed by atoms with van der Waals surface area (Å²) in [6, 6.07) is 57.3. The molecule has 0 bridgehead atoms. The van der Waals surface area contributed by atoms with Crippen molar-refractivity contribution in [1.29, 1.82) is 0 Å². The number of nitrogens with zero attached hydrogens (tertiary/aromatic N) is 6. The summed E-state index contributed by atoms with van der Waals surface area (Å²) < 4.78 is 3.67. The Balaban J connectivity index is 0.000000178. The van der Waals surface area contributed by atoms with Crippen molar-refractivity contribution in [2.45, 2.75) is 0 Å². The summed E-state index contributed by atoms with van der Waals surface area (Å²) >= 11 is 0. The maximum atomic E-state index is 12.5. The minimum Gasteiger partial charge on any atom is -0.858 e. The van der Waals surface area contributed by atoms with Crippen LogP contribution in [0.15, 0.2) is 204 Å². The molecule has 260 valence electrons. The third kappa shape index (κ3) is 8.92. The normalized spacial score (nSPS) is 11.2. The quantitative estimate of drug-likeness (QED) is 0.0897. The molecule has 6 aromatic carbocycles. The summed E-state index contributed by atoms with van der Waals surface area (Å²) in [6.45, 7) is 0. The molecule has 0 N–H and O–H groups in total. The monoisotopic (exact) mass is 734 g/mol. The van der Waals surface area contributed by atoms with E-state index >= 15 is 0 Å². The van der Waals surface area contributed by atoms with Crippen molar-refractivity contribution in [1.82, 2.24) is 19.1 Å². The van der Waals surface area contributed by atoms with E-state index in [-0.39, 0.29) is 28.3 Å². The summed E-state index contributed by atoms with van der Waals surface area (Å²) in [5.74, 6) is 0.105. The third-order valence-corrected chi connectivity index (χ3v) is 8.03. The first-order valence-corrected chi connectivity index (χ1v) is 16.6. The fourth-order valence-electron chi connectivity index (χ4n) is 5.42. The van der Waals surface area contributed by atoms with E-state index in [0.29, 0.717) is 23.0 Å².